The summed E-state index contributed by atoms with van der Waals surface area (Å²) in [6, 6.07) is 1.64. The number of fused-ring (bicyclic) bond motifs is 1. The maximum atomic E-state index is 12.7. The molecule has 2 N–H and O–H groups in total. The van der Waals surface area contributed by atoms with Crippen LogP contribution in [-0.2, 0) is 0 Å². The van der Waals surface area contributed by atoms with Gasteiger partial charge in [-0.05, 0) is 38.8 Å². The molecule has 7 heteroatoms. The minimum atomic E-state index is -0.146. The van der Waals surface area contributed by atoms with E-state index in [9.17, 15) is 9.59 Å². The molecule has 1 aliphatic carbocycles. The third-order valence-electron chi connectivity index (χ3n) is 5.28. The van der Waals surface area contributed by atoms with Crippen LogP contribution in [0, 0.1) is 5.92 Å². The molecule has 2 aromatic rings. The van der Waals surface area contributed by atoms with E-state index in [1.807, 2.05) is 0 Å². The fraction of sp³-hybridized carbons (Fsp3) is 0.588. The lowest BCUT2D eigenvalue weighted by molar-refractivity contribution is 0.0924. The average molecular weight is 351 g/mol. The zero-order chi connectivity index (χ0) is 15.8. The van der Waals surface area contributed by atoms with Crippen LogP contribution in [-0.4, -0.2) is 33.5 Å². The second-order valence-corrected chi connectivity index (χ2v) is 6.75. The van der Waals surface area contributed by atoms with E-state index < -0.39 is 0 Å². The first-order chi connectivity index (χ1) is 11.2. The number of hydrogen-bond donors (Lipinski definition) is 2. The third kappa shape index (κ3) is 3.00. The minimum absolute atomic E-state index is 0. The molecular weight excluding hydrogens is 328 g/mol. The monoisotopic (exact) mass is 350 g/mol. The van der Waals surface area contributed by atoms with E-state index >= 15 is 0 Å². The summed E-state index contributed by atoms with van der Waals surface area (Å²) < 4.78 is 1.78. The molecule has 0 spiro atoms. The van der Waals surface area contributed by atoms with Crippen LogP contribution >= 0.6 is 12.4 Å². The first-order valence-corrected chi connectivity index (χ1v) is 8.60. The van der Waals surface area contributed by atoms with E-state index in [-0.39, 0.29) is 29.7 Å². The number of piperidine rings is 1. The second-order valence-electron chi connectivity index (χ2n) is 6.75. The number of aromatic amines is 1. The normalized spacial score (nSPS) is 19.5. The van der Waals surface area contributed by atoms with Gasteiger partial charge in [-0.3, -0.25) is 9.59 Å². The van der Waals surface area contributed by atoms with Crippen LogP contribution in [0.3, 0.4) is 0 Å². The zero-order valence-electron chi connectivity index (χ0n) is 13.6. The summed E-state index contributed by atoms with van der Waals surface area (Å²) in [5.74, 6) is 0.542. The summed E-state index contributed by atoms with van der Waals surface area (Å²) in [5.41, 5.74) is 1.93. The highest BCUT2D eigenvalue weighted by Crippen LogP contribution is 2.30. The van der Waals surface area contributed by atoms with Gasteiger partial charge in [0, 0.05) is 17.9 Å². The summed E-state index contributed by atoms with van der Waals surface area (Å²) in [6.07, 6.45) is 7.76. The van der Waals surface area contributed by atoms with E-state index in [1.165, 1.54) is 0 Å². The number of halogens is 1. The summed E-state index contributed by atoms with van der Waals surface area (Å²) in [4.78, 5) is 27.7. The quantitative estimate of drug-likeness (QED) is 0.832. The van der Waals surface area contributed by atoms with E-state index in [4.69, 9.17) is 0 Å². The Hall–Kier alpha value is -1.66. The maximum absolute atomic E-state index is 12.7. The lowest BCUT2D eigenvalue weighted by Gasteiger charge is -2.23. The standard InChI is InChI=1S/C17H22N4O2.ClH/c22-15-9-14(11-5-7-18-8-6-11)21-17(20-15)13(10-19-21)16(23)12-3-1-2-4-12;/h9-12,18H,1-8H2,(H,20,22);1H. The molecule has 1 saturated heterocycles. The summed E-state index contributed by atoms with van der Waals surface area (Å²) in [5, 5.41) is 7.77. The van der Waals surface area contributed by atoms with E-state index in [0.717, 1.165) is 57.3 Å². The predicted octanol–water partition coefficient (Wildman–Crippen LogP) is 2.28. The van der Waals surface area contributed by atoms with Gasteiger partial charge in [-0.2, -0.15) is 5.10 Å². The topological polar surface area (TPSA) is 79.3 Å². The van der Waals surface area contributed by atoms with Crippen LogP contribution in [0.4, 0.5) is 0 Å². The van der Waals surface area contributed by atoms with Crippen LogP contribution in [0.5, 0.6) is 0 Å². The second kappa shape index (κ2) is 7.07. The SMILES string of the molecule is Cl.O=C(c1cnn2c(C3CCNCC3)cc(=O)[nH]c12)C1CCCC1. The molecule has 1 aliphatic heterocycles. The summed E-state index contributed by atoms with van der Waals surface area (Å²) >= 11 is 0. The first-order valence-electron chi connectivity index (χ1n) is 8.60. The molecule has 2 fully saturated rings. The van der Waals surface area contributed by atoms with Gasteiger partial charge in [0.15, 0.2) is 5.78 Å². The van der Waals surface area contributed by atoms with Crippen molar-refractivity contribution in [3.63, 3.8) is 0 Å². The highest BCUT2D eigenvalue weighted by Gasteiger charge is 2.28. The number of H-pyrrole nitrogens is 1. The molecule has 1 saturated carbocycles. The van der Waals surface area contributed by atoms with Gasteiger partial charge >= 0.3 is 0 Å². The molecule has 0 atom stereocenters. The molecule has 0 radical (unpaired) electrons. The van der Waals surface area contributed by atoms with Crippen molar-refractivity contribution in [1.82, 2.24) is 19.9 Å². The van der Waals surface area contributed by atoms with Gasteiger partial charge in [0.1, 0.15) is 5.65 Å². The number of aromatic nitrogens is 3. The first kappa shape index (κ1) is 17.2. The number of ketones is 1. The smallest absolute Gasteiger partial charge is 0.251 e. The highest BCUT2D eigenvalue weighted by atomic mass is 35.5. The summed E-state index contributed by atoms with van der Waals surface area (Å²) in [7, 11) is 0. The van der Waals surface area contributed by atoms with Gasteiger partial charge in [-0.25, -0.2) is 4.52 Å². The molecule has 0 amide bonds. The van der Waals surface area contributed by atoms with Gasteiger partial charge in [-0.1, -0.05) is 12.8 Å². The Balaban J connectivity index is 0.00000169. The maximum Gasteiger partial charge on any atom is 0.251 e. The summed E-state index contributed by atoms with van der Waals surface area (Å²) in [6.45, 7) is 1.90. The zero-order valence-corrected chi connectivity index (χ0v) is 14.4. The molecule has 0 aromatic carbocycles. The van der Waals surface area contributed by atoms with E-state index in [1.54, 1.807) is 16.8 Å². The molecule has 2 aliphatic rings. The van der Waals surface area contributed by atoms with Crippen molar-refractivity contribution in [3.8, 4) is 0 Å². The van der Waals surface area contributed by atoms with Crippen LogP contribution in [0.25, 0.3) is 5.65 Å². The number of rotatable bonds is 3. The number of hydrogen-bond acceptors (Lipinski definition) is 4. The molecule has 2 aromatic heterocycles. The Morgan fingerprint density at radius 3 is 2.58 bits per heavy atom. The Bertz CT molecular complexity index is 785. The van der Waals surface area contributed by atoms with Crippen molar-refractivity contribution >= 4 is 23.8 Å². The molecule has 0 unspecified atom stereocenters. The molecule has 6 nitrogen and oxygen atoms in total. The van der Waals surface area contributed by atoms with Gasteiger partial charge in [-0.15, -0.1) is 12.4 Å². The molecule has 130 valence electrons. The van der Waals surface area contributed by atoms with Crippen molar-refractivity contribution in [3.05, 3.63) is 33.9 Å². The van der Waals surface area contributed by atoms with Crippen molar-refractivity contribution < 1.29 is 4.79 Å². The molecule has 24 heavy (non-hydrogen) atoms. The average Bonchev–Trinajstić information content (AvgIpc) is 3.24. The van der Waals surface area contributed by atoms with Crippen molar-refractivity contribution in [2.24, 2.45) is 5.92 Å². The number of Topliss-reactive ketones (excluding diaryl/α,β-unsaturated/α-hetero) is 1. The van der Waals surface area contributed by atoms with E-state index in [2.05, 4.69) is 15.4 Å². The van der Waals surface area contributed by atoms with Gasteiger partial charge < -0.3 is 10.3 Å². The highest BCUT2D eigenvalue weighted by molar-refractivity contribution is 6.02. The van der Waals surface area contributed by atoms with Crippen LogP contribution in [0.15, 0.2) is 17.1 Å². The van der Waals surface area contributed by atoms with Crippen molar-refractivity contribution in [2.45, 2.75) is 44.4 Å². The van der Waals surface area contributed by atoms with E-state index in [0.29, 0.717) is 17.1 Å². The number of carbonyl (C=O) groups excluding carboxylic acids is 1. The largest absolute Gasteiger partial charge is 0.317 e. The third-order valence-corrected chi connectivity index (χ3v) is 5.28. The minimum Gasteiger partial charge on any atom is -0.317 e. The van der Waals surface area contributed by atoms with Crippen molar-refractivity contribution in [1.29, 1.82) is 0 Å². The van der Waals surface area contributed by atoms with Crippen LogP contribution in [0.1, 0.15) is 60.5 Å². The number of nitrogens with one attached hydrogen (secondary N) is 2. The number of nitrogens with zero attached hydrogens (tertiary/aromatic N) is 2. The molecule has 4 rings (SSSR count). The Morgan fingerprint density at radius 2 is 1.88 bits per heavy atom. The molecule has 3 heterocycles. The molecular formula is C17H23ClN4O2. The predicted molar refractivity (Wildman–Crippen MR) is 94.2 cm³/mol. The van der Waals surface area contributed by atoms with Crippen LogP contribution in [0.2, 0.25) is 0 Å². The lowest BCUT2D eigenvalue weighted by atomic mass is 9.94. The molecule has 0 bridgehead atoms. The lowest BCUT2D eigenvalue weighted by Crippen LogP contribution is -2.28. The Labute approximate surface area is 146 Å². The van der Waals surface area contributed by atoms with Crippen molar-refractivity contribution in [2.75, 3.05) is 13.1 Å². The van der Waals surface area contributed by atoms with Gasteiger partial charge in [0.05, 0.1) is 17.5 Å². The fourth-order valence-electron chi connectivity index (χ4n) is 4.01. The Kier molecular flexibility index (Phi) is 5.06. The fourth-order valence-corrected chi connectivity index (χ4v) is 4.01. The number of carbonyl (C=O) groups is 1. The van der Waals surface area contributed by atoms with Crippen LogP contribution < -0.4 is 10.9 Å². The van der Waals surface area contributed by atoms with Gasteiger partial charge in [0.25, 0.3) is 5.56 Å². The van der Waals surface area contributed by atoms with Gasteiger partial charge in [0.2, 0.25) is 0 Å². The Morgan fingerprint density at radius 1 is 1.17 bits per heavy atom.